The summed E-state index contributed by atoms with van der Waals surface area (Å²) in [6, 6.07) is -0.634. The van der Waals surface area contributed by atoms with Crippen molar-refractivity contribution >= 4 is 11.9 Å². The van der Waals surface area contributed by atoms with Gasteiger partial charge in [0.15, 0.2) is 0 Å². The molecule has 464 valence electrons. The molecule has 6 heteroatoms. The Hall–Kier alpha value is -2.18. The largest absolute Gasteiger partial charge is 0.465 e. The number of nitrogens with one attached hydrogen (secondary N) is 1. The Balaban J connectivity index is 3.48. The molecule has 0 aromatic carbocycles. The Morgan fingerprint density at radius 3 is 0.975 bits per heavy atom. The summed E-state index contributed by atoms with van der Waals surface area (Å²) in [5, 5.41) is 23.3. The number of hydrogen-bond donors (Lipinski definition) is 3. The SMILES string of the molecule is CCCCCCCCC/C=C\CCCCCCCC(=O)OCC/C=C\C/C=C\CCCCCCCCCCCCCCCCC(=O)NC(CO)C(O)/C=C/CCCCCCCCCCCCCCCCCCCCCCCCC. The maximum atomic E-state index is 12.5. The van der Waals surface area contributed by atoms with Gasteiger partial charge in [-0.05, 0) is 77.0 Å². The molecule has 0 aliphatic carbocycles. The number of esters is 1. The highest BCUT2D eigenvalue weighted by Crippen LogP contribution is 2.18. The molecular formula is C73H137NO5. The fraction of sp³-hybridized carbons (Fsp3) is 0.863. The summed E-state index contributed by atoms with van der Waals surface area (Å²) in [5.74, 6) is -0.112. The first-order valence-corrected chi connectivity index (χ1v) is 35.4. The quantitative estimate of drug-likeness (QED) is 0.0320. The third-order valence-corrected chi connectivity index (χ3v) is 16.3. The Morgan fingerprint density at radius 1 is 0.354 bits per heavy atom. The molecule has 3 N–H and O–H groups in total. The van der Waals surface area contributed by atoms with Gasteiger partial charge in [-0.15, -0.1) is 0 Å². The normalized spacial score (nSPS) is 12.8. The van der Waals surface area contributed by atoms with E-state index in [9.17, 15) is 19.8 Å². The number of aliphatic hydroxyl groups excluding tert-OH is 2. The van der Waals surface area contributed by atoms with Crippen molar-refractivity contribution in [1.82, 2.24) is 5.32 Å². The van der Waals surface area contributed by atoms with E-state index in [2.05, 4.69) is 55.6 Å². The smallest absolute Gasteiger partial charge is 0.305 e. The van der Waals surface area contributed by atoms with Gasteiger partial charge in [-0.3, -0.25) is 9.59 Å². The van der Waals surface area contributed by atoms with Crippen LogP contribution in [0.5, 0.6) is 0 Å². The van der Waals surface area contributed by atoms with Crippen LogP contribution in [0.1, 0.15) is 380 Å². The monoisotopic (exact) mass is 1110 g/mol. The van der Waals surface area contributed by atoms with Gasteiger partial charge in [0.05, 0.1) is 25.4 Å². The number of allylic oxidation sites excluding steroid dienone is 6. The van der Waals surface area contributed by atoms with Crippen molar-refractivity contribution in [2.75, 3.05) is 13.2 Å². The van der Waals surface area contributed by atoms with Crippen LogP contribution in [0.25, 0.3) is 0 Å². The van der Waals surface area contributed by atoms with Crippen LogP contribution in [0.2, 0.25) is 0 Å². The van der Waals surface area contributed by atoms with Crippen LogP contribution in [-0.4, -0.2) is 47.4 Å². The second-order valence-corrected chi connectivity index (χ2v) is 24.2. The lowest BCUT2D eigenvalue weighted by molar-refractivity contribution is -0.143. The Kier molecular flexibility index (Phi) is 66.4. The zero-order valence-electron chi connectivity index (χ0n) is 53.1. The summed E-state index contributed by atoms with van der Waals surface area (Å²) in [7, 11) is 0. The summed E-state index contributed by atoms with van der Waals surface area (Å²) in [6.07, 6.45) is 89.1. The molecule has 0 radical (unpaired) electrons. The lowest BCUT2D eigenvalue weighted by atomic mass is 10.0. The van der Waals surface area contributed by atoms with E-state index in [1.807, 2.05) is 6.08 Å². The molecule has 0 rings (SSSR count). The number of aliphatic hydroxyl groups is 2. The van der Waals surface area contributed by atoms with Crippen molar-refractivity contribution in [3.05, 3.63) is 48.6 Å². The average Bonchev–Trinajstić information content (AvgIpc) is 3.45. The topological polar surface area (TPSA) is 95.9 Å². The summed E-state index contributed by atoms with van der Waals surface area (Å²) in [4.78, 5) is 24.6. The first-order chi connectivity index (χ1) is 39.0. The van der Waals surface area contributed by atoms with Crippen molar-refractivity contribution in [3.8, 4) is 0 Å². The van der Waals surface area contributed by atoms with Crippen molar-refractivity contribution < 1.29 is 24.5 Å². The third kappa shape index (κ3) is 64.8. The average molecular weight is 1110 g/mol. The zero-order valence-corrected chi connectivity index (χ0v) is 53.1. The molecule has 0 aromatic heterocycles. The second kappa shape index (κ2) is 68.3. The molecule has 0 aliphatic rings. The highest BCUT2D eigenvalue weighted by Gasteiger charge is 2.18. The lowest BCUT2D eigenvalue weighted by Crippen LogP contribution is -2.45. The highest BCUT2D eigenvalue weighted by atomic mass is 16.5. The van der Waals surface area contributed by atoms with Gasteiger partial charge in [0.2, 0.25) is 5.91 Å². The van der Waals surface area contributed by atoms with Gasteiger partial charge in [-0.1, -0.05) is 339 Å². The first-order valence-electron chi connectivity index (χ1n) is 35.4. The van der Waals surface area contributed by atoms with Crippen molar-refractivity contribution in [2.45, 2.75) is 392 Å². The minimum atomic E-state index is -0.851. The summed E-state index contributed by atoms with van der Waals surface area (Å²) >= 11 is 0. The van der Waals surface area contributed by atoms with Gasteiger partial charge in [0, 0.05) is 12.8 Å². The van der Waals surface area contributed by atoms with Gasteiger partial charge in [-0.2, -0.15) is 0 Å². The van der Waals surface area contributed by atoms with E-state index in [0.717, 1.165) is 51.4 Å². The van der Waals surface area contributed by atoms with Crippen LogP contribution < -0.4 is 5.32 Å². The number of rotatable bonds is 66. The van der Waals surface area contributed by atoms with Crippen LogP contribution in [0.4, 0.5) is 0 Å². The molecule has 79 heavy (non-hydrogen) atoms. The van der Waals surface area contributed by atoms with E-state index in [1.54, 1.807) is 6.08 Å². The minimum Gasteiger partial charge on any atom is -0.465 e. The Labute approximate surface area is 493 Å². The number of carbonyl (C=O) groups is 2. The molecule has 2 unspecified atom stereocenters. The number of hydrogen-bond acceptors (Lipinski definition) is 5. The summed E-state index contributed by atoms with van der Waals surface area (Å²) < 4.78 is 5.42. The molecular weight excluding hydrogens is 971 g/mol. The maximum absolute atomic E-state index is 12.5. The van der Waals surface area contributed by atoms with Gasteiger partial charge >= 0.3 is 5.97 Å². The molecule has 0 heterocycles. The molecule has 2 atom stereocenters. The lowest BCUT2D eigenvalue weighted by Gasteiger charge is -2.20. The zero-order chi connectivity index (χ0) is 57.1. The van der Waals surface area contributed by atoms with Crippen molar-refractivity contribution in [2.24, 2.45) is 0 Å². The fourth-order valence-corrected chi connectivity index (χ4v) is 10.9. The molecule has 0 bridgehead atoms. The summed E-state index contributed by atoms with van der Waals surface area (Å²) in [5.41, 5.74) is 0. The molecule has 0 spiro atoms. The van der Waals surface area contributed by atoms with Gasteiger partial charge in [-0.25, -0.2) is 0 Å². The Morgan fingerprint density at radius 2 is 0.633 bits per heavy atom. The molecule has 0 saturated carbocycles. The number of ether oxygens (including phenoxy) is 1. The molecule has 6 nitrogen and oxygen atoms in total. The van der Waals surface area contributed by atoms with E-state index in [-0.39, 0.29) is 18.5 Å². The van der Waals surface area contributed by atoms with Crippen LogP contribution in [0, 0.1) is 0 Å². The second-order valence-electron chi connectivity index (χ2n) is 24.2. The van der Waals surface area contributed by atoms with Crippen LogP contribution in [-0.2, 0) is 14.3 Å². The Bertz CT molecular complexity index is 1320. The van der Waals surface area contributed by atoms with Crippen molar-refractivity contribution in [3.63, 3.8) is 0 Å². The van der Waals surface area contributed by atoms with Crippen LogP contribution >= 0.6 is 0 Å². The summed E-state index contributed by atoms with van der Waals surface area (Å²) in [6.45, 7) is 4.82. The molecule has 0 aromatic rings. The van der Waals surface area contributed by atoms with Crippen LogP contribution in [0.3, 0.4) is 0 Å². The molecule has 0 fully saturated rings. The third-order valence-electron chi connectivity index (χ3n) is 16.3. The van der Waals surface area contributed by atoms with E-state index < -0.39 is 12.1 Å². The fourth-order valence-electron chi connectivity index (χ4n) is 10.9. The van der Waals surface area contributed by atoms with Gasteiger partial charge < -0.3 is 20.3 Å². The standard InChI is InChI=1S/C73H137NO5/c1-3-5-7-9-11-13-15-17-19-21-22-23-24-25-26-28-31-34-37-41-45-49-53-57-61-65-71(76)70(69-75)74-72(77)66-62-58-54-50-46-42-38-35-32-29-27-30-33-36-40-44-48-52-56-60-64-68-79-73(78)67-63-59-55-51-47-43-39-20-18-16-14-12-10-8-6-4-2/h20,39,44,48,56,60-61,65,70-71,75-76H,3-19,21-38,40-43,45-47,49-55,57-59,62-64,66-69H2,1-2H3,(H,74,77)/b39-20-,48-44-,60-56-,65-61+. The predicted octanol–water partition coefficient (Wildman–Crippen LogP) is 22.9. The van der Waals surface area contributed by atoms with E-state index >= 15 is 0 Å². The van der Waals surface area contributed by atoms with Gasteiger partial charge in [0.25, 0.3) is 0 Å². The van der Waals surface area contributed by atoms with E-state index in [0.29, 0.717) is 19.4 Å². The molecule has 0 aliphatic heterocycles. The first kappa shape index (κ1) is 76.8. The van der Waals surface area contributed by atoms with Gasteiger partial charge in [0.1, 0.15) is 0 Å². The predicted molar refractivity (Wildman–Crippen MR) is 347 cm³/mol. The van der Waals surface area contributed by atoms with Crippen molar-refractivity contribution in [1.29, 1.82) is 0 Å². The highest BCUT2D eigenvalue weighted by molar-refractivity contribution is 5.76. The number of amides is 1. The van der Waals surface area contributed by atoms with E-state index in [4.69, 9.17) is 4.74 Å². The molecule has 1 amide bonds. The number of unbranched alkanes of at least 4 members (excludes halogenated alkanes) is 49. The minimum absolute atomic E-state index is 0.0428. The molecule has 0 saturated heterocycles. The van der Waals surface area contributed by atoms with E-state index in [1.165, 1.54) is 302 Å². The maximum Gasteiger partial charge on any atom is 0.305 e. The van der Waals surface area contributed by atoms with Crippen LogP contribution in [0.15, 0.2) is 48.6 Å². The number of carbonyl (C=O) groups excluding carboxylic acids is 2.